The van der Waals surface area contributed by atoms with Crippen molar-refractivity contribution in [2.45, 2.75) is 33.2 Å². The molecule has 2 aromatic carbocycles. The Morgan fingerprint density at radius 3 is 2.60 bits per heavy atom. The van der Waals surface area contributed by atoms with Gasteiger partial charge in [0.15, 0.2) is 0 Å². The molecule has 126 valence electrons. The number of fused-ring (bicyclic) bond motifs is 1. The number of aromatic nitrogens is 2. The molecule has 1 N–H and O–H groups in total. The Balaban J connectivity index is 1.72. The molecular weight excluding hydrogens is 308 g/mol. The van der Waals surface area contributed by atoms with Crippen LogP contribution < -0.4 is 10.2 Å². The molecule has 0 aliphatic carbocycles. The first-order valence-corrected chi connectivity index (χ1v) is 8.67. The Bertz CT molecular complexity index is 919. The van der Waals surface area contributed by atoms with Crippen molar-refractivity contribution in [1.82, 2.24) is 9.97 Å². The number of nitrogens with one attached hydrogen (secondary N) is 1. The maximum Gasteiger partial charge on any atom is 0.232 e. The standard InChI is InChI=1S/C21H22N4/c1-14-8-4-6-10-18(14)23-20-12-15(2)22-21(24-20)25-16(3)13-17-9-5-7-11-19(17)25/h4-12,16H,13H2,1-3H3,(H,22,23,24). The van der Waals surface area contributed by atoms with E-state index in [9.17, 15) is 0 Å². The number of hydrogen-bond acceptors (Lipinski definition) is 4. The van der Waals surface area contributed by atoms with E-state index < -0.39 is 0 Å². The van der Waals surface area contributed by atoms with Gasteiger partial charge in [-0.05, 0) is 50.5 Å². The predicted octanol–water partition coefficient (Wildman–Crippen LogP) is 4.92. The van der Waals surface area contributed by atoms with Crippen LogP contribution in [0.25, 0.3) is 0 Å². The Morgan fingerprint density at radius 1 is 1.00 bits per heavy atom. The van der Waals surface area contributed by atoms with Crippen molar-refractivity contribution in [1.29, 1.82) is 0 Å². The first-order chi connectivity index (χ1) is 12.1. The molecule has 1 unspecified atom stereocenters. The Hall–Kier alpha value is -2.88. The summed E-state index contributed by atoms with van der Waals surface area (Å²) in [4.78, 5) is 11.8. The highest BCUT2D eigenvalue weighted by Crippen LogP contribution is 2.37. The number of hydrogen-bond donors (Lipinski definition) is 1. The van der Waals surface area contributed by atoms with Crippen LogP contribution in [-0.4, -0.2) is 16.0 Å². The first-order valence-electron chi connectivity index (χ1n) is 8.67. The van der Waals surface area contributed by atoms with Crippen LogP contribution in [0.3, 0.4) is 0 Å². The van der Waals surface area contributed by atoms with Crippen LogP contribution >= 0.6 is 0 Å². The predicted molar refractivity (Wildman–Crippen MR) is 103 cm³/mol. The molecule has 0 saturated carbocycles. The third-order valence-electron chi connectivity index (χ3n) is 4.67. The molecule has 3 aromatic rings. The molecule has 0 amide bonds. The van der Waals surface area contributed by atoms with E-state index in [2.05, 4.69) is 60.5 Å². The summed E-state index contributed by atoms with van der Waals surface area (Å²) in [7, 11) is 0. The molecule has 4 nitrogen and oxygen atoms in total. The lowest BCUT2D eigenvalue weighted by molar-refractivity contribution is 0.738. The SMILES string of the molecule is Cc1cc(Nc2ccccc2C)nc(N2c3ccccc3CC2C)n1. The van der Waals surface area contributed by atoms with Gasteiger partial charge in [-0.3, -0.25) is 0 Å². The van der Waals surface area contributed by atoms with E-state index in [4.69, 9.17) is 9.97 Å². The lowest BCUT2D eigenvalue weighted by Crippen LogP contribution is -2.26. The zero-order valence-electron chi connectivity index (χ0n) is 14.8. The molecule has 1 atom stereocenters. The minimum atomic E-state index is 0.352. The van der Waals surface area contributed by atoms with Crippen LogP contribution in [0.2, 0.25) is 0 Å². The van der Waals surface area contributed by atoms with Crippen LogP contribution in [0.1, 0.15) is 23.7 Å². The van der Waals surface area contributed by atoms with Gasteiger partial charge in [0.25, 0.3) is 0 Å². The molecule has 0 bridgehead atoms. The van der Waals surface area contributed by atoms with E-state index in [0.717, 1.165) is 29.6 Å². The van der Waals surface area contributed by atoms with Crippen LogP contribution in [0, 0.1) is 13.8 Å². The van der Waals surface area contributed by atoms with E-state index in [-0.39, 0.29) is 0 Å². The minimum absolute atomic E-state index is 0.352. The highest BCUT2D eigenvalue weighted by atomic mass is 15.3. The van der Waals surface area contributed by atoms with Crippen molar-refractivity contribution < 1.29 is 0 Å². The fourth-order valence-corrected chi connectivity index (χ4v) is 3.45. The second-order valence-corrected chi connectivity index (χ2v) is 6.69. The smallest absolute Gasteiger partial charge is 0.232 e. The zero-order valence-corrected chi connectivity index (χ0v) is 14.8. The molecule has 4 heteroatoms. The third-order valence-corrected chi connectivity index (χ3v) is 4.67. The fraction of sp³-hybridized carbons (Fsp3) is 0.238. The summed E-state index contributed by atoms with van der Waals surface area (Å²) in [6, 6.07) is 19.1. The lowest BCUT2D eigenvalue weighted by atomic mass is 10.1. The second-order valence-electron chi connectivity index (χ2n) is 6.69. The average Bonchev–Trinajstić information content (AvgIpc) is 2.92. The second kappa shape index (κ2) is 6.20. The lowest BCUT2D eigenvalue weighted by Gasteiger charge is -2.23. The summed E-state index contributed by atoms with van der Waals surface area (Å²) in [5, 5.41) is 3.44. The molecule has 4 rings (SSSR count). The maximum atomic E-state index is 4.80. The topological polar surface area (TPSA) is 41.1 Å². The monoisotopic (exact) mass is 330 g/mol. The largest absolute Gasteiger partial charge is 0.340 e. The summed E-state index contributed by atoms with van der Waals surface area (Å²) in [6.45, 7) is 6.33. The fourth-order valence-electron chi connectivity index (χ4n) is 3.45. The number of anilines is 4. The van der Waals surface area contributed by atoms with E-state index in [1.165, 1.54) is 16.8 Å². The van der Waals surface area contributed by atoms with E-state index >= 15 is 0 Å². The number of benzene rings is 2. The highest BCUT2D eigenvalue weighted by molar-refractivity contribution is 5.69. The van der Waals surface area contributed by atoms with Gasteiger partial charge in [-0.1, -0.05) is 36.4 Å². The number of aryl methyl sites for hydroxylation is 2. The van der Waals surface area contributed by atoms with Crippen LogP contribution in [0.4, 0.5) is 23.1 Å². The van der Waals surface area contributed by atoms with Gasteiger partial charge < -0.3 is 10.2 Å². The minimum Gasteiger partial charge on any atom is -0.340 e. The molecule has 0 radical (unpaired) electrons. The maximum absolute atomic E-state index is 4.80. The number of para-hydroxylation sites is 2. The van der Waals surface area contributed by atoms with Gasteiger partial charge in [-0.15, -0.1) is 0 Å². The van der Waals surface area contributed by atoms with Crippen molar-refractivity contribution in [2.24, 2.45) is 0 Å². The molecule has 1 aromatic heterocycles. The average molecular weight is 330 g/mol. The number of rotatable bonds is 3. The summed E-state index contributed by atoms with van der Waals surface area (Å²) >= 11 is 0. The summed E-state index contributed by atoms with van der Waals surface area (Å²) in [5.74, 6) is 1.59. The van der Waals surface area contributed by atoms with E-state index in [0.29, 0.717) is 6.04 Å². The Labute approximate surface area is 148 Å². The van der Waals surface area contributed by atoms with Gasteiger partial charge in [0.1, 0.15) is 5.82 Å². The normalized spacial score (nSPS) is 16.0. The van der Waals surface area contributed by atoms with Gasteiger partial charge >= 0.3 is 0 Å². The molecule has 0 saturated heterocycles. The Kier molecular flexibility index (Phi) is 3.88. The summed E-state index contributed by atoms with van der Waals surface area (Å²) in [5.41, 5.74) is 5.79. The molecule has 1 aliphatic rings. The summed E-state index contributed by atoms with van der Waals surface area (Å²) in [6.07, 6.45) is 1.02. The molecule has 25 heavy (non-hydrogen) atoms. The van der Waals surface area contributed by atoms with Gasteiger partial charge in [-0.25, -0.2) is 4.98 Å². The quantitative estimate of drug-likeness (QED) is 0.740. The molecular formula is C21H22N4. The summed E-state index contributed by atoms with van der Waals surface area (Å²) < 4.78 is 0. The van der Waals surface area contributed by atoms with E-state index in [1.54, 1.807) is 0 Å². The van der Waals surface area contributed by atoms with Crippen molar-refractivity contribution in [3.8, 4) is 0 Å². The van der Waals surface area contributed by atoms with Crippen LogP contribution in [-0.2, 0) is 6.42 Å². The van der Waals surface area contributed by atoms with Gasteiger partial charge in [0.05, 0.1) is 0 Å². The molecule has 2 heterocycles. The molecule has 0 fully saturated rings. The van der Waals surface area contributed by atoms with Crippen molar-refractivity contribution in [3.63, 3.8) is 0 Å². The molecule has 0 spiro atoms. The molecule has 1 aliphatic heterocycles. The van der Waals surface area contributed by atoms with Crippen molar-refractivity contribution in [3.05, 3.63) is 71.4 Å². The van der Waals surface area contributed by atoms with E-state index in [1.807, 2.05) is 25.1 Å². The van der Waals surface area contributed by atoms with Crippen molar-refractivity contribution >= 4 is 23.1 Å². The van der Waals surface area contributed by atoms with Gasteiger partial charge in [0.2, 0.25) is 5.95 Å². The van der Waals surface area contributed by atoms with Gasteiger partial charge in [-0.2, -0.15) is 4.98 Å². The number of nitrogens with zero attached hydrogens (tertiary/aromatic N) is 3. The van der Waals surface area contributed by atoms with Crippen LogP contribution in [0.5, 0.6) is 0 Å². The van der Waals surface area contributed by atoms with Crippen LogP contribution in [0.15, 0.2) is 54.6 Å². The zero-order chi connectivity index (χ0) is 17.4. The third kappa shape index (κ3) is 2.95. The van der Waals surface area contributed by atoms with Crippen molar-refractivity contribution in [2.75, 3.05) is 10.2 Å². The highest BCUT2D eigenvalue weighted by Gasteiger charge is 2.29. The Morgan fingerprint density at radius 2 is 1.76 bits per heavy atom. The van der Waals surface area contributed by atoms with Gasteiger partial charge in [0, 0.05) is 29.2 Å². The first kappa shape index (κ1) is 15.6.